The predicted octanol–water partition coefficient (Wildman–Crippen LogP) is -1.19. The number of amides is 1. The summed E-state index contributed by atoms with van der Waals surface area (Å²) in [7, 11) is 0. The van der Waals surface area contributed by atoms with Gasteiger partial charge in [0.1, 0.15) is 0 Å². The molecule has 2 heterocycles. The first-order valence-corrected chi connectivity index (χ1v) is 5.12. The lowest BCUT2D eigenvalue weighted by molar-refractivity contribution is -0.144. The monoisotopic (exact) mass is 235 g/mol. The van der Waals surface area contributed by atoms with Gasteiger partial charge >= 0.3 is 0 Å². The van der Waals surface area contributed by atoms with Crippen LogP contribution in [0.15, 0.2) is 0 Å². The normalized spacial score (nSPS) is 26.7. The second kappa shape index (κ2) is 5.65. The molecule has 2 aliphatic rings. The van der Waals surface area contributed by atoms with Crippen LogP contribution in [0.25, 0.3) is 0 Å². The predicted molar refractivity (Wildman–Crippen MR) is 59.0 cm³/mol. The SMILES string of the molecule is Cl.NCC1CN(C(=O)C2CNC2)CCO1. The molecule has 15 heavy (non-hydrogen) atoms. The molecular formula is C9H18ClN3O2. The average molecular weight is 236 g/mol. The number of hydrogen-bond donors (Lipinski definition) is 2. The highest BCUT2D eigenvalue weighted by molar-refractivity contribution is 5.85. The van der Waals surface area contributed by atoms with Crippen LogP contribution in [0.5, 0.6) is 0 Å². The molecule has 0 bridgehead atoms. The molecule has 2 fully saturated rings. The van der Waals surface area contributed by atoms with Gasteiger partial charge in [0.15, 0.2) is 0 Å². The van der Waals surface area contributed by atoms with E-state index in [4.69, 9.17) is 10.5 Å². The van der Waals surface area contributed by atoms with Gasteiger partial charge in [-0.3, -0.25) is 4.79 Å². The van der Waals surface area contributed by atoms with Crippen LogP contribution in [0, 0.1) is 5.92 Å². The molecule has 0 radical (unpaired) electrons. The van der Waals surface area contributed by atoms with Crippen LogP contribution in [-0.4, -0.2) is 56.2 Å². The largest absolute Gasteiger partial charge is 0.373 e. The van der Waals surface area contributed by atoms with E-state index in [9.17, 15) is 4.79 Å². The summed E-state index contributed by atoms with van der Waals surface area (Å²) in [5.41, 5.74) is 5.51. The van der Waals surface area contributed by atoms with Gasteiger partial charge in [-0.15, -0.1) is 12.4 Å². The Kier molecular flexibility index (Phi) is 4.79. The molecule has 0 aromatic carbocycles. The van der Waals surface area contributed by atoms with Crippen molar-refractivity contribution < 1.29 is 9.53 Å². The second-order valence-corrected chi connectivity index (χ2v) is 3.87. The quantitative estimate of drug-likeness (QED) is 0.632. The maximum absolute atomic E-state index is 11.8. The summed E-state index contributed by atoms with van der Waals surface area (Å²) >= 11 is 0. The Labute approximate surface area is 95.7 Å². The van der Waals surface area contributed by atoms with Crippen LogP contribution in [0.1, 0.15) is 0 Å². The minimum Gasteiger partial charge on any atom is -0.373 e. The van der Waals surface area contributed by atoms with Crippen LogP contribution >= 0.6 is 12.4 Å². The maximum Gasteiger partial charge on any atom is 0.228 e. The minimum absolute atomic E-state index is 0. The topological polar surface area (TPSA) is 67.6 Å². The van der Waals surface area contributed by atoms with Crippen molar-refractivity contribution >= 4 is 18.3 Å². The van der Waals surface area contributed by atoms with Gasteiger partial charge in [0.2, 0.25) is 5.91 Å². The molecule has 0 aromatic rings. The number of carbonyl (C=O) groups is 1. The molecule has 2 rings (SSSR count). The number of nitrogens with zero attached hydrogens (tertiary/aromatic N) is 1. The van der Waals surface area contributed by atoms with Gasteiger partial charge in [-0.25, -0.2) is 0 Å². The Balaban J connectivity index is 0.00000112. The van der Waals surface area contributed by atoms with Crippen molar-refractivity contribution in [1.82, 2.24) is 10.2 Å². The standard InChI is InChI=1S/C9H17N3O2.ClH/c10-3-8-6-12(1-2-14-8)9(13)7-4-11-5-7;/h7-8,11H,1-6,10H2;1H. The second-order valence-electron chi connectivity index (χ2n) is 3.87. The summed E-state index contributed by atoms with van der Waals surface area (Å²) < 4.78 is 5.40. The third-order valence-corrected chi connectivity index (χ3v) is 2.84. The van der Waals surface area contributed by atoms with E-state index in [0.717, 1.165) is 13.1 Å². The van der Waals surface area contributed by atoms with Gasteiger partial charge in [-0.05, 0) is 0 Å². The summed E-state index contributed by atoms with van der Waals surface area (Å²) in [6.45, 7) is 4.13. The van der Waals surface area contributed by atoms with E-state index >= 15 is 0 Å². The van der Waals surface area contributed by atoms with E-state index < -0.39 is 0 Å². The molecular weight excluding hydrogens is 218 g/mol. The van der Waals surface area contributed by atoms with E-state index in [1.54, 1.807) is 0 Å². The van der Waals surface area contributed by atoms with Gasteiger partial charge in [0.25, 0.3) is 0 Å². The number of nitrogens with one attached hydrogen (secondary N) is 1. The minimum atomic E-state index is 0. The van der Waals surface area contributed by atoms with E-state index in [-0.39, 0.29) is 30.3 Å². The van der Waals surface area contributed by atoms with E-state index in [1.165, 1.54) is 0 Å². The summed E-state index contributed by atoms with van der Waals surface area (Å²) in [4.78, 5) is 13.7. The summed E-state index contributed by atoms with van der Waals surface area (Å²) in [6.07, 6.45) is 0.0285. The lowest BCUT2D eigenvalue weighted by Gasteiger charge is -2.37. The number of halogens is 1. The van der Waals surface area contributed by atoms with Gasteiger partial charge in [-0.1, -0.05) is 0 Å². The van der Waals surface area contributed by atoms with Crippen LogP contribution in [-0.2, 0) is 9.53 Å². The molecule has 1 unspecified atom stereocenters. The summed E-state index contributed by atoms with van der Waals surface area (Å²) in [6, 6.07) is 0. The molecule has 88 valence electrons. The fourth-order valence-corrected chi connectivity index (χ4v) is 1.78. The van der Waals surface area contributed by atoms with Crippen molar-refractivity contribution in [2.75, 3.05) is 39.3 Å². The zero-order valence-corrected chi connectivity index (χ0v) is 9.46. The number of nitrogens with two attached hydrogens (primary N) is 1. The van der Waals surface area contributed by atoms with Crippen molar-refractivity contribution in [3.63, 3.8) is 0 Å². The highest BCUT2D eigenvalue weighted by Gasteiger charge is 2.31. The molecule has 0 aliphatic carbocycles. The highest BCUT2D eigenvalue weighted by Crippen LogP contribution is 2.12. The third kappa shape index (κ3) is 2.81. The first-order chi connectivity index (χ1) is 6.81. The molecule has 3 N–H and O–H groups in total. The molecule has 6 heteroatoms. The number of hydrogen-bond acceptors (Lipinski definition) is 4. The smallest absolute Gasteiger partial charge is 0.228 e. The zero-order valence-electron chi connectivity index (χ0n) is 8.65. The molecule has 0 spiro atoms. The van der Waals surface area contributed by atoms with Crippen LogP contribution in [0.2, 0.25) is 0 Å². The van der Waals surface area contributed by atoms with Crippen molar-refractivity contribution in [3.8, 4) is 0 Å². The summed E-state index contributed by atoms with van der Waals surface area (Å²) in [5, 5.41) is 3.10. The Morgan fingerprint density at radius 3 is 2.80 bits per heavy atom. The van der Waals surface area contributed by atoms with Crippen molar-refractivity contribution in [3.05, 3.63) is 0 Å². The number of rotatable bonds is 2. The first kappa shape index (κ1) is 12.7. The molecule has 2 saturated heterocycles. The Morgan fingerprint density at radius 1 is 1.53 bits per heavy atom. The van der Waals surface area contributed by atoms with Crippen molar-refractivity contribution in [2.45, 2.75) is 6.10 Å². The van der Waals surface area contributed by atoms with Crippen LogP contribution < -0.4 is 11.1 Å². The highest BCUT2D eigenvalue weighted by atomic mass is 35.5. The molecule has 2 aliphatic heterocycles. The van der Waals surface area contributed by atoms with Crippen molar-refractivity contribution in [2.24, 2.45) is 11.7 Å². The Hall–Kier alpha value is -0.360. The third-order valence-electron chi connectivity index (χ3n) is 2.84. The van der Waals surface area contributed by atoms with Gasteiger partial charge in [0, 0.05) is 32.7 Å². The summed E-state index contributed by atoms with van der Waals surface area (Å²) in [5.74, 6) is 0.442. The number of carbonyl (C=O) groups excluding carboxylic acids is 1. The number of morpholine rings is 1. The maximum atomic E-state index is 11.8. The van der Waals surface area contributed by atoms with E-state index in [1.807, 2.05) is 4.90 Å². The average Bonchev–Trinajstić information content (AvgIpc) is 2.15. The molecule has 0 aromatic heterocycles. The van der Waals surface area contributed by atoms with Gasteiger partial charge in [0.05, 0.1) is 18.6 Å². The van der Waals surface area contributed by atoms with Gasteiger partial charge in [-0.2, -0.15) is 0 Å². The van der Waals surface area contributed by atoms with Crippen LogP contribution in [0.4, 0.5) is 0 Å². The first-order valence-electron chi connectivity index (χ1n) is 5.12. The Morgan fingerprint density at radius 2 is 2.27 bits per heavy atom. The van der Waals surface area contributed by atoms with E-state index in [0.29, 0.717) is 26.2 Å². The Bertz CT molecular complexity index is 223. The lowest BCUT2D eigenvalue weighted by Crippen LogP contribution is -2.56. The van der Waals surface area contributed by atoms with Gasteiger partial charge < -0.3 is 20.7 Å². The molecule has 0 saturated carbocycles. The fourth-order valence-electron chi connectivity index (χ4n) is 1.78. The fraction of sp³-hybridized carbons (Fsp3) is 0.889. The zero-order chi connectivity index (χ0) is 9.97. The molecule has 1 amide bonds. The van der Waals surface area contributed by atoms with Crippen molar-refractivity contribution in [1.29, 1.82) is 0 Å². The van der Waals surface area contributed by atoms with Crippen LogP contribution in [0.3, 0.4) is 0 Å². The lowest BCUT2D eigenvalue weighted by atomic mass is 10.0. The van der Waals surface area contributed by atoms with E-state index in [2.05, 4.69) is 5.32 Å². The number of ether oxygens (including phenoxy) is 1. The molecule has 1 atom stereocenters. The molecule has 5 nitrogen and oxygen atoms in total.